The summed E-state index contributed by atoms with van der Waals surface area (Å²) in [5.74, 6) is -0.784. The van der Waals surface area contributed by atoms with Crippen LogP contribution in [0, 0.1) is 0 Å². The van der Waals surface area contributed by atoms with Crippen LogP contribution in [0.4, 0.5) is 0 Å². The molecule has 1 amide bonds. The molecule has 0 saturated carbocycles. The zero-order chi connectivity index (χ0) is 14.3. The van der Waals surface area contributed by atoms with Crippen LogP contribution in [0.2, 0.25) is 0 Å². The van der Waals surface area contributed by atoms with Crippen LogP contribution in [0.25, 0.3) is 0 Å². The van der Waals surface area contributed by atoms with Gasteiger partial charge in [-0.05, 0) is 32.8 Å². The van der Waals surface area contributed by atoms with Gasteiger partial charge in [0.05, 0.1) is 6.54 Å². The summed E-state index contributed by atoms with van der Waals surface area (Å²) in [6.45, 7) is 4.01. The molecule has 0 unspecified atom stereocenters. The van der Waals surface area contributed by atoms with E-state index in [1.165, 1.54) is 11.8 Å². The highest BCUT2D eigenvalue weighted by Gasteiger charge is 2.21. The summed E-state index contributed by atoms with van der Waals surface area (Å²) in [7, 11) is 2.07. The maximum Gasteiger partial charge on any atom is 0.327 e. The fourth-order valence-electron chi connectivity index (χ4n) is 2.04. The highest BCUT2D eigenvalue weighted by molar-refractivity contribution is 7.98. The van der Waals surface area contributed by atoms with E-state index < -0.39 is 12.0 Å². The number of nitrogens with zero attached hydrogens (tertiary/aromatic N) is 2. The third-order valence-corrected chi connectivity index (χ3v) is 3.81. The Morgan fingerprint density at radius 2 is 2.05 bits per heavy atom. The Labute approximate surface area is 118 Å². The Kier molecular flexibility index (Phi) is 7.19. The van der Waals surface area contributed by atoms with Crippen molar-refractivity contribution < 1.29 is 14.7 Å². The Bertz CT molecular complexity index is 315. The smallest absolute Gasteiger partial charge is 0.327 e. The number of carbonyl (C=O) groups excluding carboxylic acids is 1. The van der Waals surface area contributed by atoms with E-state index in [9.17, 15) is 9.59 Å². The van der Waals surface area contributed by atoms with Gasteiger partial charge in [0.25, 0.3) is 0 Å². The number of carboxylic acid groups (broad SMARTS) is 1. The molecule has 1 fully saturated rings. The van der Waals surface area contributed by atoms with Crippen LogP contribution in [0.5, 0.6) is 0 Å². The summed E-state index contributed by atoms with van der Waals surface area (Å²) in [4.78, 5) is 27.1. The van der Waals surface area contributed by atoms with Crippen molar-refractivity contribution in [2.75, 3.05) is 51.8 Å². The van der Waals surface area contributed by atoms with Crippen molar-refractivity contribution >= 4 is 23.6 Å². The molecular formula is C12H23N3O3S. The number of aliphatic carboxylic acids is 1. The van der Waals surface area contributed by atoms with E-state index in [2.05, 4.69) is 22.2 Å². The number of amides is 1. The monoisotopic (exact) mass is 289 g/mol. The summed E-state index contributed by atoms with van der Waals surface area (Å²) in [6, 6.07) is -0.794. The molecule has 1 heterocycles. The van der Waals surface area contributed by atoms with Crippen molar-refractivity contribution in [1.29, 1.82) is 0 Å². The Morgan fingerprint density at radius 1 is 1.32 bits per heavy atom. The number of likely N-dealkylation sites (N-methyl/N-ethyl adjacent to an activating group) is 1. The molecular weight excluding hydrogens is 266 g/mol. The lowest BCUT2D eigenvalue weighted by atomic mass is 10.3. The van der Waals surface area contributed by atoms with Crippen LogP contribution in [0.3, 0.4) is 0 Å². The predicted octanol–water partition coefficient (Wildman–Crippen LogP) is -0.444. The SMILES string of the molecule is CSC[C@H](NC(=O)CN1CCCN(C)CC1)C(=O)O. The number of carboxylic acids is 1. The highest BCUT2D eigenvalue weighted by atomic mass is 32.2. The fraction of sp³-hybridized carbons (Fsp3) is 0.833. The number of hydrogen-bond donors (Lipinski definition) is 2. The molecule has 7 heteroatoms. The maximum absolute atomic E-state index is 11.9. The molecule has 1 saturated heterocycles. The van der Waals surface area contributed by atoms with Gasteiger partial charge in [0.1, 0.15) is 6.04 Å². The van der Waals surface area contributed by atoms with E-state index >= 15 is 0 Å². The molecule has 0 bridgehead atoms. The number of hydrogen-bond acceptors (Lipinski definition) is 5. The van der Waals surface area contributed by atoms with Gasteiger partial charge in [-0.1, -0.05) is 0 Å². The summed E-state index contributed by atoms with van der Waals surface area (Å²) >= 11 is 1.41. The van der Waals surface area contributed by atoms with Gasteiger partial charge in [-0.15, -0.1) is 0 Å². The van der Waals surface area contributed by atoms with Crippen LogP contribution in [-0.2, 0) is 9.59 Å². The molecule has 6 nitrogen and oxygen atoms in total. The fourth-order valence-corrected chi connectivity index (χ4v) is 2.60. The minimum Gasteiger partial charge on any atom is -0.480 e. The van der Waals surface area contributed by atoms with E-state index in [1.54, 1.807) is 0 Å². The first kappa shape index (κ1) is 16.3. The van der Waals surface area contributed by atoms with E-state index in [0.29, 0.717) is 5.75 Å². The Hall–Kier alpha value is -0.790. The average Bonchev–Trinajstić information content (AvgIpc) is 2.54. The Balaban J connectivity index is 2.38. The van der Waals surface area contributed by atoms with Gasteiger partial charge in [0.15, 0.2) is 0 Å². The second-order valence-corrected chi connectivity index (χ2v) is 5.76. The summed E-state index contributed by atoms with van der Waals surface area (Å²) < 4.78 is 0. The highest BCUT2D eigenvalue weighted by Crippen LogP contribution is 2.01. The van der Waals surface area contributed by atoms with Gasteiger partial charge in [-0.25, -0.2) is 4.79 Å². The number of rotatable bonds is 6. The molecule has 1 aliphatic heterocycles. The lowest BCUT2D eigenvalue weighted by molar-refractivity contribution is -0.141. The summed E-state index contributed by atoms with van der Waals surface area (Å²) in [5, 5.41) is 11.6. The molecule has 1 atom stereocenters. The van der Waals surface area contributed by atoms with E-state index in [4.69, 9.17) is 5.11 Å². The zero-order valence-electron chi connectivity index (χ0n) is 11.6. The van der Waals surface area contributed by atoms with E-state index in [-0.39, 0.29) is 12.5 Å². The minimum atomic E-state index is -0.974. The average molecular weight is 289 g/mol. The van der Waals surface area contributed by atoms with Crippen molar-refractivity contribution in [2.24, 2.45) is 0 Å². The van der Waals surface area contributed by atoms with Crippen LogP contribution in [0.1, 0.15) is 6.42 Å². The standard InChI is InChI=1S/C12H23N3O3S/c1-14-4-3-5-15(7-6-14)8-11(16)13-10(9-19-2)12(17)18/h10H,3-9H2,1-2H3,(H,13,16)(H,17,18)/t10-/m0/s1. The second-order valence-electron chi connectivity index (χ2n) is 4.85. The molecule has 0 aromatic heterocycles. The molecule has 1 rings (SSSR count). The summed E-state index contributed by atoms with van der Waals surface area (Å²) in [5.41, 5.74) is 0. The van der Waals surface area contributed by atoms with Gasteiger partial charge in [0, 0.05) is 18.8 Å². The first-order valence-corrected chi connectivity index (χ1v) is 7.84. The molecule has 0 radical (unpaired) electrons. The molecule has 0 aliphatic carbocycles. The normalized spacial score (nSPS) is 19.7. The van der Waals surface area contributed by atoms with Gasteiger partial charge in [0.2, 0.25) is 5.91 Å². The van der Waals surface area contributed by atoms with E-state index in [1.807, 2.05) is 6.26 Å². The van der Waals surface area contributed by atoms with Gasteiger partial charge in [-0.2, -0.15) is 11.8 Å². The molecule has 2 N–H and O–H groups in total. The minimum absolute atomic E-state index is 0.203. The van der Waals surface area contributed by atoms with Gasteiger partial charge >= 0.3 is 5.97 Å². The molecule has 110 valence electrons. The van der Waals surface area contributed by atoms with Crippen LogP contribution >= 0.6 is 11.8 Å². The van der Waals surface area contributed by atoms with Crippen molar-refractivity contribution in [3.8, 4) is 0 Å². The third kappa shape index (κ3) is 6.26. The predicted molar refractivity (Wildman–Crippen MR) is 76.5 cm³/mol. The molecule has 1 aliphatic rings. The molecule has 0 aromatic carbocycles. The topological polar surface area (TPSA) is 72.9 Å². The van der Waals surface area contributed by atoms with Crippen LogP contribution in [0.15, 0.2) is 0 Å². The van der Waals surface area contributed by atoms with Gasteiger partial charge in [-0.3, -0.25) is 9.69 Å². The van der Waals surface area contributed by atoms with Crippen LogP contribution < -0.4 is 5.32 Å². The number of nitrogens with one attached hydrogen (secondary N) is 1. The van der Waals surface area contributed by atoms with Crippen molar-refractivity contribution in [3.05, 3.63) is 0 Å². The quantitative estimate of drug-likeness (QED) is 0.690. The third-order valence-electron chi connectivity index (χ3n) is 3.15. The van der Waals surface area contributed by atoms with Crippen molar-refractivity contribution in [1.82, 2.24) is 15.1 Å². The molecule has 19 heavy (non-hydrogen) atoms. The first-order valence-electron chi connectivity index (χ1n) is 6.45. The molecule has 0 spiro atoms. The maximum atomic E-state index is 11.9. The second kappa shape index (κ2) is 8.39. The van der Waals surface area contributed by atoms with Gasteiger partial charge < -0.3 is 15.3 Å². The number of thioether (sulfide) groups is 1. The van der Waals surface area contributed by atoms with Crippen molar-refractivity contribution in [3.63, 3.8) is 0 Å². The summed E-state index contributed by atoms with van der Waals surface area (Å²) in [6.07, 6.45) is 2.86. The van der Waals surface area contributed by atoms with Crippen LogP contribution in [-0.4, -0.2) is 84.6 Å². The first-order chi connectivity index (χ1) is 9.02. The lowest BCUT2D eigenvalue weighted by Gasteiger charge is -2.21. The zero-order valence-corrected chi connectivity index (χ0v) is 12.4. The lowest BCUT2D eigenvalue weighted by Crippen LogP contribution is -2.47. The largest absolute Gasteiger partial charge is 0.480 e. The molecule has 0 aromatic rings. The van der Waals surface area contributed by atoms with Crippen molar-refractivity contribution in [2.45, 2.75) is 12.5 Å². The Morgan fingerprint density at radius 3 is 2.68 bits per heavy atom. The van der Waals surface area contributed by atoms with E-state index in [0.717, 1.165) is 32.6 Å². The number of carbonyl (C=O) groups is 2.